The number of halogens is 1. The van der Waals surface area contributed by atoms with Crippen LogP contribution in [0.25, 0.3) is 0 Å². The van der Waals surface area contributed by atoms with Crippen molar-refractivity contribution in [2.75, 3.05) is 32.2 Å². The number of carbonyl (C=O) groups excluding carboxylic acids is 2. The van der Waals surface area contributed by atoms with Crippen LogP contribution in [0.2, 0.25) is 0 Å². The van der Waals surface area contributed by atoms with E-state index in [0.29, 0.717) is 30.9 Å². The first-order valence-electron chi connectivity index (χ1n) is 10.9. The second-order valence-corrected chi connectivity index (χ2v) is 10.5. The Kier molecular flexibility index (Phi) is 6.68. The molecule has 1 aromatic rings. The van der Waals surface area contributed by atoms with Gasteiger partial charge in [0.25, 0.3) is 0 Å². The van der Waals surface area contributed by atoms with Crippen molar-refractivity contribution in [1.29, 1.82) is 0 Å². The molecule has 1 saturated heterocycles. The third kappa shape index (κ3) is 5.96. The van der Waals surface area contributed by atoms with Gasteiger partial charge in [-0.2, -0.15) is 0 Å². The van der Waals surface area contributed by atoms with Crippen molar-refractivity contribution in [2.24, 2.45) is 5.92 Å². The molecule has 1 aromatic carbocycles. The summed E-state index contributed by atoms with van der Waals surface area (Å²) >= 11 is 0. The fraction of sp³-hybridized carbons (Fsp3) is 0.619. The lowest BCUT2D eigenvalue weighted by atomic mass is 10.1. The summed E-state index contributed by atoms with van der Waals surface area (Å²) in [5.74, 6) is -0.250. The summed E-state index contributed by atoms with van der Waals surface area (Å²) in [6, 6.07) is 4.02. The Morgan fingerprint density at radius 1 is 1.25 bits per heavy atom. The van der Waals surface area contributed by atoms with E-state index in [2.05, 4.69) is 10.0 Å². The average Bonchev–Trinajstić information content (AvgIpc) is 3.65. The molecule has 11 heteroatoms. The first kappa shape index (κ1) is 22.9. The van der Waals surface area contributed by atoms with E-state index >= 15 is 0 Å². The number of imide groups is 1. The number of rotatable bonds is 12. The molecule has 3 fully saturated rings. The Balaban J connectivity index is 1.24. The second kappa shape index (κ2) is 9.32. The molecule has 0 bridgehead atoms. The SMILES string of the molecule is O=C1CCN(COCCCS(=O)(=O)NC2(c3ccc(F)c(OCC4CC4)c3)CC2)C(=O)N1. The zero-order valence-corrected chi connectivity index (χ0v) is 18.6. The molecular formula is C21H28FN3O6S. The monoisotopic (exact) mass is 469 g/mol. The van der Waals surface area contributed by atoms with E-state index in [1.165, 1.54) is 11.0 Å². The summed E-state index contributed by atoms with van der Waals surface area (Å²) in [6.07, 6.45) is 3.93. The van der Waals surface area contributed by atoms with Crippen LogP contribution < -0.4 is 14.8 Å². The topological polar surface area (TPSA) is 114 Å². The van der Waals surface area contributed by atoms with Crippen molar-refractivity contribution < 1.29 is 31.9 Å². The van der Waals surface area contributed by atoms with Crippen LogP contribution in [0.5, 0.6) is 5.75 Å². The Labute approximate surface area is 186 Å². The highest BCUT2D eigenvalue weighted by molar-refractivity contribution is 7.89. The third-order valence-corrected chi connectivity index (χ3v) is 7.38. The van der Waals surface area contributed by atoms with Gasteiger partial charge >= 0.3 is 6.03 Å². The first-order chi connectivity index (χ1) is 15.3. The van der Waals surface area contributed by atoms with E-state index in [0.717, 1.165) is 12.8 Å². The van der Waals surface area contributed by atoms with Gasteiger partial charge in [0.15, 0.2) is 11.6 Å². The van der Waals surface area contributed by atoms with E-state index in [1.54, 1.807) is 12.1 Å². The molecule has 0 atom stereocenters. The molecule has 176 valence electrons. The predicted octanol–water partition coefficient (Wildman–Crippen LogP) is 1.83. The van der Waals surface area contributed by atoms with E-state index in [1.807, 2.05) is 0 Å². The van der Waals surface area contributed by atoms with Crippen molar-refractivity contribution in [3.63, 3.8) is 0 Å². The van der Waals surface area contributed by atoms with Gasteiger partial charge < -0.3 is 14.4 Å². The molecule has 3 aliphatic rings. The van der Waals surface area contributed by atoms with Crippen LogP contribution in [-0.2, 0) is 25.1 Å². The molecule has 0 radical (unpaired) electrons. The second-order valence-electron chi connectivity index (χ2n) is 8.66. The lowest BCUT2D eigenvalue weighted by Gasteiger charge is -2.26. The Morgan fingerprint density at radius 2 is 2.03 bits per heavy atom. The van der Waals surface area contributed by atoms with Crippen LogP contribution >= 0.6 is 0 Å². The maximum atomic E-state index is 14.1. The lowest BCUT2D eigenvalue weighted by molar-refractivity contribution is -0.122. The smallest absolute Gasteiger partial charge is 0.325 e. The predicted molar refractivity (Wildman–Crippen MR) is 113 cm³/mol. The first-order valence-corrected chi connectivity index (χ1v) is 12.5. The minimum absolute atomic E-state index is 0.00423. The molecular weight excluding hydrogens is 441 g/mol. The third-order valence-electron chi connectivity index (χ3n) is 5.85. The maximum Gasteiger partial charge on any atom is 0.325 e. The molecule has 4 rings (SSSR count). The number of benzene rings is 1. The molecule has 1 heterocycles. The summed E-state index contributed by atoms with van der Waals surface area (Å²) in [5.41, 5.74) is -0.0149. The van der Waals surface area contributed by atoms with Crippen LogP contribution in [0.3, 0.4) is 0 Å². The fourth-order valence-electron chi connectivity index (χ4n) is 3.57. The zero-order chi connectivity index (χ0) is 22.8. The van der Waals surface area contributed by atoms with Crippen molar-refractivity contribution in [1.82, 2.24) is 14.9 Å². The molecule has 9 nitrogen and oxygen atoms in total. The number of nitrogens with one attached hydrogen (secondary N) is 2. The van der Waals surface area contributed by atoms with Gasteiger partial charge in [-0.05, 0) is 55.7 Å². The molecule has 0 spiro atoms. The number of hydrogen-bond donors (Lipinski definition) is 2. The quantitative estimate of drug-likeness (QED) is 0.452. The van der Waals surface area contributed by atoms with Crippen LogP contribution in [0.4, 0.5) is 9.18 Å². The van der Waals surface area contributed by atoms with Crippen LogP contribution in [0.15, 0.2) is 18.2 Å². The Hall–Kier alpha value is -2.24. The fourth-order valence-corrected chi connectivity index (χ4v) is 5.09. The maximum absolute atomic E-state index is 14.1. The summed E-state index contributed by atoms with van der Waals surface area (Å²) in [6.45, 7) is 0.905. The van der Waals surface area contributed by atoms with Gasteiger partial charge in [0, 0.05) is 19.6 Å². The van der Waals surface area contributed by atoms with Gasteiger partial charge in [0.1, 0.15) is 6.73 Å². The van der Waals surface area contributed by atoms with Crippen LogP contribution in [0, 0.1) is 11.7 Å². The number of urea groups is 1. The Bertz CT molecular complexity index is 978. The minimum atomic E-state index is -3.59. The Morgan fingerprint density at radius 3 is 2.72 bits per heavy atom. The number of sulfonamides is 1. The molecule has 32 heavy (non-hydrogen) atoms. The molecule has 2 saturated carbocycles. The molecule has 1 aliphatic heterocycles. The normalized spacial score (nSPS) is 20.2. The van der Waals surface area contributed by atoms with Crippen LogP contribution in [-0.4, -0.2) is 57.5 Å². The van der Waals surface area contributed by atoms with Gasteiger partial charge in [-0.1, -0.05) is 6.07 Å². The highest BCUT2D eigenvalue weighted by atomic mass is 32.2. The number of nitrogens with zero attached hydrogens (tertiary/aromatic N) is 1. The van der Waals surface area contributed by atoms with Crippen molar-refractivity contribution >= 4 is 22.0 Å². The average molecular weight is 470 g/mol. The van der Waals surface area contributed by atoms with Crippen molar-refractivity contribution in [3.05, 3.63) is 29.6 Å². The van der Waals surface area contributed by atoms with Gasteiger partial charge in [0.05, 0.1) is 17.9 Å². The van der Waals surface area contributed by atoms with Gasteiger partial charge in [-0.25, -0.2) is 22.3 Å². The van der Waals surface area contributed by atoms with Crippen molar-refractivity contribution in [3.8, 4) is 5.75 Å². The molecule has 0 aromatic heterocycles. The highest BCUT2D eigenvalue weighted by Crippen LogP contribution is 2.47. The minimum Gasteiger partial charge on any atom is -0.490 e. The van der Waals surface area contributed by atoms with E-state index in [9.17, 15) is 22.4 Å². The van der Waals surface area contributed by atoms with Gasteiger partial charge in [-0.15, -0.1) is 0 Å². The largest absolute Gasteiger partial charge is 0.490 e. The van der Waals surface area contributed by atoms with Gasteiger partial charge in [0.2, 0.25) is 15.9 Å². The molecule has 3 amide bonds. The number of amides is 3. The number of carbonyl (C=O) groups is 2. The zero-order valence-electron chi connectivity index (χ0n) is 17.8. The molecule has 0 unspecified atom stereocenters. The lowest BCUT2D eigenvalue weighted by Crippen LogP contribution is -2.50. The van der Waals surface area contributed by atoms with Crippen LogP contribution in [0.1, 0.15) is 44.1 Å². The van der Waals surface area contributed by atoms with E-state index in [4.69, 9.17) is 9.47 Å². The summed E-state index contributed by atoms with van der Waals surface area (Å²) < 4.78 is 53.0. The summed E-state index contributed by atoms with van der Waals surface area (Å²) in [5, 5.41) is 2.20. The number of ether oxygens (including phenoxy) is 2. The van der Waals surface area contributed by atoms with E-state index < -0.39 is 27.4 Å². The van der Waals surface area contributed by atoms with Gasteiger partial charge in [-0.3, -0.25) is 10.1 Å². The van der Waals surface area contributed by atoms with Crippen molar-refractivity contribution in [2.45, 2.75) is 44.1 Å². The molecule has 2 aliphatic carbocycles. The van der Waals surface area contributed by atoms with E-state index in [-0.39, 0.29) is 50.1 Å². The summed E-state index contributed by atoms with van der Waals surface area (Å²) in [7, 11) is -3.59. The number of hydrogen-bond acceptors (Lipinski definition) is 6. The molecule has 2 N–H and O–H groups in total. The summed E-state index contributed by atoms with van der Waals surface area (Å²) in [4.78, 5) is 24.1. The highest BCUT2D eigenvalue weighted by Gasteiger charge is 2.47. The standard InChI is InChI=1S/C21H28FN3O6S/c22-17-5-4-16(12-18(17)31-13-15-2-3-15)21(7-8-21)24-32(28,29)11-1-10-30-14-25-9-6-19(26)23-20(25)27/h4-5,12,15,24H,1-3,6-11,13-14H2,(H,23,26,27).